The maximum atomic E-state index is 14.4. The lowest BCUT2D eigenvalue weighted by atomic mass is 9.85. The fraction of sp³-hybridized carbons (Fsp3) is 0.694. The number of aromatic nitrogens is 2. The first-order chi connectivity index (χ1) is 21.9. The molecule has 6 rings (SSSR count). The Hall–Kier alpha value is -3.43. The van der Waals surface area contributed by atoms with Crippen molar-refractivity contribution in [3.05, 3.63) is 23.9 Å². The molecule has 0 unspecified atom stereocenters. The molecule has 6 atom stereocenters. The summed E-state index contributed by atoms with van der Waals surface area (Å²) in [6, 6.07) is 4.08. The molecule has 46 heavy (non-hydrogen) atoms. The van der Waals surface area contributed by atoms with Crippen molar-refractivity contribution in [1.82, 2.24) is 20.2 Å². The molecule has 10 nitrogen and oxygen atoms in total. The Morgan fingerprint density at radius 2 is 1.85 bits per heavy atom. The van der Waals surface area contributed by atoms with Gasteiger partial charge in [0.05, 0.1) is 30.7 Å². The van der Waals surface area contributed by atoms with E-state index in [9.17, 15) is 14.4 Å². The topological polar surface area (TPSA) is 120 Å². The predicted octanol–water partition coefficient (Wildman–Crippen LogP) is 6.03. The van der Waals surface area contributed by atoms with Gasteiger partial charge in [0.15, 0.2) is 5.78 Å². The number of ketones is 1. The Balaban J connectivity index is 1.37. The van der Waals surface area contributed by atoms with Gasteiger partial charge in [0.2, 0.25) is 11.8 Å². The number of nitrogens with zero attached hydrogens (tertiary/aromatic N) is 3. The molecule has 0 radical (unpaired) electrons. The number of fused-ring (bicyclic) bond motifs is 5. The second-order valence-corrected chi connectivity index (χ2v) is 15.3. The van der Waals surface area contributed by atoms with E-state index in [-0.39, 0.29) is 30.3 Å². The maximum Gasteiger partial charge on any atom is 0.408 e. The number of alkyl carbamates (subject to hydrolysis) is 1. The van der Waals surface area contributed by atoms with Gasteiger partial charge in [0, 0.05) is 12.0 Å². The molecule has 2 amide bonds. The van der Waals surface area contributed by atoms with Crippen LogP contribution in [-0.4, -0.2) is 70.6 Å². The van der Waals surface area contributed by atoms with E-state index < -0.39 is 29.7 Å². The van der Waals surface area contributed by atoms with Gasteiger partial charge in [-0.2, -0.15) is 0 Å². The first-order valence-electron chi connectivity index (χ1n) is 17.2. The summed E-state index contributed by atoms with van der Waals surface area (Å²) in [6.45, 7) is 9.52. The normalized spacial score (nSPS) is 30.0. The minimum absolute atomic E-state index is 0.106. The maximum absolute atomic E-state index is 14.4. The van der Waals surface area contributed by atoms with E-state index >= 15 is 0 Å². The van der Waals surface area contributed by atoms with Crippen molar-refractivity contribution in [1.29, 1.82) is 0 Å². The monoisotopic (exact) mass is 634 g/mol. The van der Waals surface area contributed by atoms with Crippen LogP contribution in [0.2, 0.25) is 0 Å². The van der Waals surface area contributed by atoms with Crippen LogP contribution in [-0.2, 0) is 20.7 Å². The van der Waals surface area contributed by atoms with Gasteiger partial charge in [-0.15, -0.1) is 0 Å². The zero-order valence-corrected chi connectivity index (χ0v) is 28.3. The summed E-state index contributed by atoms with van der Waals surface area (Å²) in [4.78, 5) is 52.6. The highest BCUT2D eigenvalue weighted by molar-refractivity contribution is 5.92. The Bertz CT molecular complexity index is 1480. The van der Waals surface area contributed by atoms with Crippen LogP contribution in [0.15, 0.2) is 18.2 Å². The third-order valence-corrected chi connectivity index (χ3v) is 10.9. The molecule has 2 aliphatic heterocycles. The lowest BCUT2D eigenvalue weighted by molar-refractivity contribution is -0.141. The van der Waals surface area contributed by atoms with Crippen LogP contribution < -0.4 is 14.8 Å². The van der Waals surface area contributed by atoms with E-state index in [0.29, 0.717) is 41.3 Å². The molecule has 250 valence electrons. The molecule has 2 saturated carbocycles. The van der Waals surface area contributed by atoms with Gasteiger partial charge in [-0.1, -0.05) is 40.5 Å². The van der Waals surface area contributed by atoms with Crippen molar-refractivity contribution >= 4 is 28.8 Å². The van der Waals surface area contributed by atoms with E-state index in [4.69, 9.17) is 24.2 Å². The van der Waals surface area contributed by atoms with Crippen molar-refractivity contribution in [2.45, 2.75) is 123 Å². The smallest absolute Gasteiger partial charge is 0.408 e. The Kier molecular flexibility index (Phi) is 8.93. The van der Waals surface area contributed by atoms with Gasteiger partial charge < -0.3 is 24.4 Å². The minimum atomic E-state index is -0.879. The van der Waals surface area contributed by atoms with Crippen LogP contribution in [0.5, 0.6) is 11.6 Å². The van der Waals surface area contributed by atoms with Crippen LogP contribution >= 0.6 is 0 Å². The van der Waals surface area contributed by atoms with Gasteiger partial charge in [-0.05, 0) is 87.2 Å². The number of benzene rings is 1. The number of carbonyl (C=O) groups excluding carboxylic acids is 3. The second kappa shape index (κ2) is 12.6. The van der Waals surface area contributed by atoms with Gasteiger partial charge in [0.1, 0.15) is 29.7 Å². The summed E-state index contributed by atoms with van der Waals surface area (Å²) in [7, 11) is 1.62. The summed E-state index contributed by atoms with van der Waals surface area (Å²) in [5.74, 6) is 0.789. The number of hydrogen-bond acceptors (Lipinski definition) is 8. The number of rotatable bonds is 3. The summed E-state index contributed by atoms with van der Waals surface area (Å²) in [6.07, 6.45) is 8.54. The number of ether oxygens (including phenoxy) is 3. The molecule has 3 heterocycles. The highest BCUT2D eigenvalue weighted by Gasteiger charge is 2.54. The molecule has 1 N–H and O–H groups in total. The number of methoxy groups -OCH3 is 1. The Morgan fingerprint density at radius 1 is 1.07 bits per heavy atom. The molecule has 1 aromatic carbocycles. The van der Waals surface area contributed by atoms with Crippen molar-refractivity contribution in [2.75, 3.05) is 13.7 Å². The number of Topliss-reactive ketones (excluding diaryl/α,β-unsaturated/α-hetero) is 1. The van der Waals surface area contributed by atoms with Gasteiger partial charge in [0.25, 0.3) is 0 Å². The minimum Gasteiger partial charge on any atom is -0.497 e. The zero-order valence-electron chi connectivity index (χ0n) is 28.3. The molecule has 1 spiro atoms. The number of aryl methyl sites for hydroxylation is 1. The molecule has 2 bridgehead atoms. The van der Waals surface area contributed by atoms with E-state index in [1.165, 1.54) is 19.8 Å². The zero-order chi connectivity index (χ0) is 32.8. The largest absolute Gasteiger partial charge is 0.497 e. The second-order valence-electron chi connectivity index (χ2n) is 15.3. The lowest BCUT2D eigenvalue weighted by Gasteiger charge is -2.35. The summed E-state index contributed by atoms with van der Waals surface area (Å²) < 4.78 is 18.3. The van der Waals surface area contributed by atoms with Crippen LogP contribution in [0.25, 0.3) is 11.0 Å². The summed E-state index contributed by atoms with van der Waals surface area (Å²) >= 11 is 0. The van der Waals surface area contributed by atoms with Crippen molar-refractivity contribution in [3.8, 4) is 11.6 Å². The van der Waals surface area contributed by atoms with Crippen molar-refractivity contribution in [2.24, 2.45) is 22.7 Å². The van der Waals surface area contributed by atoms with E-state index in [2.05, 4.69) is 5.32 Å². The van der Waals surface area contributed by atoms with Crippen LogP contribution in [0.1, 0.15) is 98.1 Å². The summed E-state index contributed by atoms with van der Waals surface area (Å²) in [5, 5.41) is 2.95. The van der Waals surface area contributed by atoms with E-state index in [1.807, 2.05) is 45.9 Å². The lowest BCUT2D eigenvalue weighted by Crippen LogP contribution is -2.57. The van der Waals surface area contributed by atoms with Crippen LogP contribution in [0.4, 0.5) is 4.79 Å². The first-order valence-corrected chi connectivity index (χ1v) is 17.2. The Labute approximate surface area is 272 Å². The number of carbonyl (C=O) groups is 3. The fourth-order valence-electron chi connectivity index (χ4n) is 8.17. The standard InChI is InChI=1S/C36H50N4O6/c1-7-24-29-20-40(30(24)21(2)41)33(42)31(35(3,4)5)39-34(43)46-28-19-36(15-16-36)18-22(28)11-9-8-10-12-26-32(45-29)38-27-17-23(44-6)13-14-25(27)37-26/h13-14,17,22,24,28-31H,7-12,15-16,18-20H2,1-6H3,(H,39,43)/t22-,24-,28-,29+,30-,31-/m1/s1. The van der Waals surface area contributed by atoms with Crippen molar-refractivity contribution < 1.29 is 28.6 Å². The number of nitrogens with one attached hydrogen (secondary N) is 1. The number of hydrogen-bond donors (Lipinski definition) is 1. The first kappa shape index (κ1) is 32.5. The molecule has 2 aromatic rings. The molecular weight excluding hydrogens is 584 g/mol. The highest BCUT2D eigenvalue weighted by Crippen LogP contribution is 2.61. The Morgan fingerprint density at radius 3 is 2.52 bits per heavy atom. The average Bonchev–Trinajstić information content (AvgIpc) is 3.52. The van der Waals surface area contributed by atoms with Gasteiger partial charge in [-0.3, -0.25) is 9.59 Å². The fourth-order valence-corrected chi connectivity index (χ4v) is 8.17. The predicted molar refractivity (Wildman–Crippen MR) is 174 cm³/mol. The van der Waals surface area contributed by atoms with Crippen molar-refractivity contribution in [3.63, 3.8) is 0 Å². The third kappa shape index (κ3) is 6.54. The van der Waals surface area contributed by atoms with E-state index in [1.54, 1.807) is 12.0 Å². The molecule has 3 fully saturated rings. The quantitative estimate of drug-likeness (QED) is 0.435. The molecule has 10 heteroatoms. The van der Waals surface area contributed by atoms with Gasteiger partial charge >= 0.3 is 6.09 Å². The molecule has 2 aliphatic carbocycles. The van der Waals surface area contributed by atoms with E-state index in [0.717, 1.165) is 49.7 Å². The molecule has 1 aromatic heterocycles. The number of amides is 2. The highest BCUT2D eigenvalue weighted by atomic mass is 16.6. The molecular formula is C36H50N4O6. The van der Waals surface area contributed by atoms with Gasteiger partial charge in [-0.25, -0.2) is 14.8 Å². The molecule has 1 saturated heterocycles. The van der Waals surface area contributed by atoms with Crippen LogP contribution in [0.3, 0.4) is 0 Å². The summed E-state index contributed by atoms with van der Waals surface area (Å²) in [5.41, 5.74) is 1.92. The third-order valence-electron chi connectivity index (χ3n) is 10.9. The molecule has 4 aliphatic rings. The average molecular weight is 635 g/mol. The van der Waals surface area contributed by atoms with Crippen LogP contribution in [0, 0.1) is 22.7 Å². The SMILES string of the molecule is CC[C@@H]1[C@@H]2CN(C(=O)[C@H](C(C)(C)C)NC(=O)O[C@@H]3CC4(CC4)C[C@H]3CCCCCc3nc4ccc(OC)cc4nc3O2)[C@@H]1C(C)=O.